The van der Waals surface area contributed by atoms with Crippen molar-refractivity contribution in [3.8, 4) is 5.75 Å². The fraction of sp³-hybridized carbons (Fsp3) is 0.278. The van der Waals surface area contributed by atoms with Crippen LogP contribution in [0.4, 0.5) is 0 Å². The van der Waals surface area contributed by atoms with Gasteiger partial charge in [-0.25, -0.2) is 0 Å². The second-order valence-electron chi connectivity index (χ2n) is 5.21. The van der Waals surface area contributed by atoms with Crippen molar-refractivity contribution >= 4 is 11.8 Å². The lowest BCUT2D eigenvalue weighted by Crippen LogP contribution is -2.28. The molecule has 132 valence electrons. The van der Waals surface area contributed by atoms with E-state index in [-0.39, 0.29) is 17.5 Å². The number of methoxy groups -OCH3 is 2. The molecule has 0 aliphatic carbocycles. The monoisotopic (exact) mass is 343 g/mol. The Bertz CT molecular complexity index is 717. The fourth-order valence-corrected chi connectivity index (χ4v) is 2.08. The Morgan fingerprint density at radius 1 is 1.04 bits per heavy atom. The normalized spacial score (nSPS) is 10.2. The molecule has 7 nitrogen and oxygen atoms in total. The van der Waals surface area contributed by atoms with Crippen LogP contribution in [-0.2, 0) is 11.3 Å². The molecule has 0 fully saturated rings. The molecule has 2 aromatic rings. The lowest BCUT2D eigenvalue weighted by molar-refractivity contribution is 0.0932. The van der Waals surface area contributed by atoms with Gasteiger partial charge in [0.15, 0.2) is 0 Å². The van der Waals surface area contributed by atoms with Crippen molar-refractivity contribution < 1.29 is 19.1 Å². The fourth-order valence-electron chi connectivity index (χ4n) is 2.08. The molecule has 2 rings (SSSR count). The molecule has 2 amide bonds. The summed E-state index contributed by atoms with van der Waals surface area (Å²) in [7, 11) is 3.15. The number of carbonyl (C=O) groups excluding carboxylic acids is 2. The summed E-state index contributed by atoms with van der Waals surface area (Å²) in [6, 6.07) is 10.4. The van der Waals surface area contributed by atoms with Gasteiger partial charge in [0.2, 0.25) is 0 Å². The average molecular weight is 343 g/mol. The van der Waals surface area contributed by atoms with Crippen LogP contribution in [0.5, 0.6) is 5.75 Å². The molecular formula is C18H21N3O4. The Morgan fingerprint density at radius 3 is 2.48 bits per heavy atom. The molecule has 0 unspecified atom stereocenters. The van der Waals surface area contributed by atoms with E-state index >= 15 is 0 Å². The largest absolute Gasteiger partial charge is 0.497 e. The zero-order valence-corrected chi connectivity index (χ0v) is 14.2. The van der Waals surface area contributed by atoms with Crippen LogP contribution >= 0.6 is 0 Å². The van der Waals surface area contributed by atoms with Crippen LogP contribution in [0.1, 0.15) is 26.4 Å². The zero-order valence-electron chi connectivity index (χ0n) is 14.2. The van der Waals surface area contributed by atoms with Gasteiger partial charge >= 0.3 is 0 Å². The smallest absolute Gasteiger partial charge is 0.269 e. The van der Waals surface area contributed by atoms with E-state index in [2.05, 4.69) is 15.6 Å². The summed E-state index contributed by atoms with van der Waals surface area (Å²) in [5.74, 6) is 0.138. The van der Waals surface area contributed by atoms with E-state index in [1.54, 1.807) is 20.3 Å². The summed E-state index contributed by atoms with van der Waals surface area (Å²) in [4.78, 5) is 28.2. The summed E-state index contributed by atoms with van der Waals surface area (Å²) < 4.78 is 9.97. The number of rotatable bonds is 8. The van der Waals surface area contributed by atoms with Crippen molar-refractivity contribution in [2.75, 3.05) is 27.4 Å². The number of carbonyl (C=O) groups is 2. The number of amides is 2. The van der Waals surface area contributed by atoms with Gasteiger partial charge in [-0.15, -0.1) is 0 Å². The third-order valence-electron chi connectivity index (χ3n) is 3.46. The predicted molar refractivity (Wildman–Crippen MR) is 92.6 cm³/mol. The average Bonchev–Trinajstić information content (AvgIpc) is 2.66. The van der Waals surface area contributed by atoms with Gasteiger partial charge in [0.1, 0.15) is 11.4 Å². The van der Waals surface area contributed by atoms with E-state index in [9.17, 15) is 9.59 Å². The number of hydrogen-bond acceptors (Lipinski definition) is 5. The Hall–Kier alpha value is -2.93. The SMILES string of the molecule is COCCNC(=O)c1cc(C(=O)NCc2ccc(OC)cc2)ccn1. The van der Waals surface area contributed by atoms with Crippen molar-refractivity contribution in [3.63, 3.8) is 0 Å². The van der Waals surface area contributed by atoms with E-state index in [0.29, 0.717) is 25.3 Å². The maximum Gasteiger partial charge on any atom is 0.269 e. The molecular weight excluding hydrogens is 322 g/mol. The van der Waals surface area contributed by atoms with Gasteiger partial charge in [-0.2, -0.15) is 0 Å². The van der Waals surface area contributed by atoms with Crippen LogP contribution in [0.25, 0.3) is 0 Å². The van der Waals surface area contributed by atoms with E-state index in [1.807, 2.05) is 24.3 Å². The molecule has 7 heteroatoms. The third-order valence-corrected chi connectivity index (χ3v) is 3.46. The number of aromatic nitrogens is 1. The molecule has 0 saturated heterocycles. The van der Waals surface area contributed by atoms with Gasteiger partial charge < -0.3 is 20.1 Å². The Labute approximate surface area is 146 Å². The van der Waals surface area contributed by atoms with Gasteiger partial charge in [-0.1, -0.05) is 12.1 Å². The molecule has 0 aliphatic heterocycles. The number of hydrogen-bond donors (Lipinski definition) is 2. The lowest BCUT2D eigenvalue weighted by Gasteiger charge is -2.08. The van der Waals surface area contributed by atoms with Gasteiger partial charge in [0.05, 0.1) is 13.7 Å². The Morgan fingerprint density at radius 2 is 1.80 bits per heavy atom. The zero-order chi connectivity index (χ0) is 18.1. The molecule has 0 radical (unpaired) electrons. The van der Waals surface area contributed by atoms with Crippen molar-refractivity contribution in [2.45, 2.75) is 6.54 Å². The second-order valence-corrected chi connectivity index (χ2v) is 5.21. The highest BCUT2D eigenvalue weighted by molar-refractivity contribution is 5.98. The van der Waals surface area contributed by atoms with Crippen molar-refractivity contribution in [3.05, 3.63) is 59.4 Å². The number of pyridine rings is 1. The molecule has 0 aliphatic rings. The molecule has 1 heterocycles. The summed E-state index contributed by atoms with van der Waals surface area (Å²) in [5.41, 5.74) is 1.51. The Balaban J connectivity index is 1.94. The summed E-state index contributed by atoms with van der Waals surface area (Å²) in [5, 5.41) is 5.48. The van der Waals surface area contributed by atoms with Gasteiger partial charge in [0.25, 0.3) is 11.8 Å². The highest BCUT2D eigenvalue weighted by Gasteiger charge is 2.11. The molecule has 0 saturated carbocycles. The first kappa shape index (κ1) is 18.4. The van der Waals surface area contributed by atoms with E-state index < -0.39 is 0 Å². The summed E-state index contributed by atoms with van der Waals surface area (Å²) in [6.07, 6.45) is 1.44. The summed E-state index contributed by atoms with van der Waals surface area (Å²) in [6.45, 7) is 1.17. The molecule has 0 atom stereocenters. The molecule has 0 spiro atoms. The van der Waals surface area contributed by atoms with E-state index in [1.165, 1.54) is 12.3 Å². The topological polar surface area (TPSA) is 89.5 Å². The molecule has 1 aromatic heterocycles. The third kappa shape index (κ3) is 5.58. The van der Waals surface area contributed by atoms with Gasteiger partial charge in [0, 0.05) is 32.0 Å². The van der Waals surface area contributed by atoms with E-state index in [0.717, 1.165) is 11.3 Å². The van der Waals surface area contributed by atoms with Gasteiger partial charge in [-0.3, -0.25) is 14.6 Å². The van der Waals surface area contributed by atoms with Gasteiger partial charge in [-0.05, 0) is 29.8 Å². The first-order valence-corrected chi connectivity index (χ1v) is 7.78. The minimum Gasteiger partial charge on any atom is -0.497 e. The maximum absolute atomic E-state index is 12.3. The molecule has 0 bridgehead atoms. The number of benzene rings is 1. The number of nitrogens with one attached hydrogen (secondary N) is 2. The molecule has 1 aromatic carbocycles. The van der Waals surface area contributed by atoms with Crippen LogP contribution < -0.4 is 15.4 Å². The van der Waals surface area contributed by atoms with Crippen molar-refractivity contribution in [2.24, 2.45) is 0 Å². The maximum atomic E-state index is 12.3. The summed E-state index contributed by atoms with van der Waals surface area (Å²) >= 11 is 0. The van der Waals surface area contributed by atoms with Crippen LogP contribution in [-0.4, -0.2) is 44.2 Å². The van der Waals surface area contributed by atoms with Crippen LogP contribution in [0.3, 0.4) is 0 Å². The minimum absolute atomic E-state index is 0.188. The standard InChI is InChI=1S/C18H21N3O4/c1-24-10-9-20-18(23)16-11-14(7-8-19-16)17(22)21-12-13-3-5-15(25-2)6-4-13/h3-8,11H,9-10,12H2,1-2H3,(H,20,23)(H,21,22). The number of ether oxygens (including phenoxy) is 2. The van der Waals surface area contributed by atoms with Crippen molar-refractivity contribution in [1.82, 2.24) is 15.6 Å². The number of nitrogens with zero attached hydrogens (tertiary/aromatic N) is 1. The minimum atomic E-state index is -0.346. The quantitative estimate of drug-likeness (QED) is 0.707. The Kier molecular flexibility index (Phi) is 6.91. The highest BCUT2D eigenvalue weighted by atomic mass is 16.5. The molecule has 2 N–H and O–H groups in total. The first-order chi connectivity index (χ1) is 12.1. The second kappa shape index (κ2) is 9.39. The predicted octanol–water partition coefficient (Wildman–Crippen LogP) is 1.40. The van der Waals surface area contributed by atoms with Crippen LogP contribution in [0.2, 0.25) is 0 Å². The molecule has 25 heavy (non-hydrogen) atoms. The van der Waals surface area contributed by atoms with Crippen molar-refractivity contribution in [1.29, 1.82) is 0 Å². The highest BCUT2D eigenvalue weighted by Crippen LogP contribution is 2.11. The van der Waals surface area contributed by atoms with Crippen LogP contribution in [0.15, 0.2) is 42.6 Å². The van der Waals surface area contributed by atoms with Crippen LogP contribution in [0, 0.1) is 0 Å². The van der Waals surface area contributed by atoms with E-state index in [4.69, 9.17) is 9.47 Å². The first-order valence-electron chi connectivity index (χ1n) is 7.78. The lowest BCUT2D eigenvalue weighted by atomic mass is 10.2.